The van der Waals surface area contributed by atoms with Gasteiger partial charge in [-0.1, -0.05) is 18.9 Å². The molecule has 0 bridgehead atoms. The van der Waals surface area contributed by atoms with Gasteiger partial charge in [0.05, 0.1) is 17.1 Å². The molecule has 0 spiro atoms. The Bertz CT molecular complexity index is 1450. The number of fused-ring (bicyclic) bond motifs is 8. The van der Waals surface area contributed by atoms with E-state index < -0.39 is 0 Å². The third-order valence-corrected chi connectivity index (χ3v) is 6.90. The molecule has 1 atom stereocenters. The Kier molecular flexibility index (Phi) is 3.00. The maximum absolute atomic E-state index is 13.2. The predicted molar refractivity (Wildman–Crippen MR) is 110 cm³/mol. The average molecular weight is 398 g/mol. The Morgan fingerprint density at radius 2 is 1.97 bits per heavy atom. The molecule has 5 heterocycles. The van der Waals surface area contributed by atoms with Gasteiger partial charge in [-0.05, 0) is 42.2 Å². The lowest BCUT2D eigenvalue weighted by Crippen LogP contribution is -2.24. The van der Waals surface area contributed by atoms with E-state index in [1.165, 1.54) is 12.8 Å². The fraction of sp³-hybridized carbons (Fsp3) is 0.318. The Balaban J connectivity index is 1.50. The van der Waals surface area contributed by atoms with Crippen LogP contribution in [0.15, 0.2) is 35.3 Å². The van der Waals surface area contributed by atoms with Crippen molar-refractivity contribution in [3.05, 3.63) is 63.3 Å². The minimum atomic E-state index is -0.280. The minimum absolute atomic E-state index is 0.0600. The number of aromatic amines is 1. The van der Waals surface area contributed by atoms with Gasteiger partial charge in [0.25, 0.3) is 11.5 Å². The van der Waals surface area contributed by atoms with Gasteiger partial charge in [0.1, 0.15) is 11.6 Å². The summed E-state index contributed by atoms with van der Waals surface area (Å²) >= 11 is 0. The van der Waals surface area contributed by atoms with Crippen LogP contribution in [0.1, 0.15) is 65.0 Å². The number of pyridine rings is 1. The highest BCUT2D eigenvalue weighted by Gasteiger charge is 2.44. The van der Waals surface area contributed by atoms with Crippen LogP contribution in [0.2, 0.25) is 0 Å². The SMILES string of the molecule is O=C1c2cc3[nH]c(=O)c4nnc(C5CCCC5)n4c3cc2C2Cc3cccnc3N12. The number of hydrogen-bond acceptors (Lipinski definition) is 5. The van der Waals surface area contributed by atoms with Crippen molar-refractivity contribution in [3.8, 4) is 0 Å². The number of hydrogen-bond donors (Lipinski definition) is 1. The van der Waals surface area contributed by atoms with Crippen LogP contribution in [0.25, 0.3) is 16.7 Å². The molecular formula is C22H18N6O2. The van der Waals surface area contributed by atoms with E-state index in [2.05, 4.69) is 20.2 Å². The fourth-order valence-electron chi connectivity index (χ4n) is 5.53. The molecule has 4 aromatic rings. The van der Waals surface area contributed by atoms with Gasteiger partial charge in [-0.25, -0.2) is 4.98 Å². The summed E-state index contributed by atoms with van der Waals surface area (Å²) < 4.78 is 1.91. The van der Waals surface area contributed by atoms with Gasteiger partial charge in [0, 0.05) is 24.1 Å². The zero-order chi connectivity index (χ0) is 20.0. The van der Waals surface area contributed by atoms with Crippen LogP contribution in [-0.4, -0.2) is 30.5 Å². The number of rotatable bonds is 1. The topological polar surface area (TPSA) is 96.2 Å². The molecule has 1 fully saturated rings. The zero-order valence-electron chi connectivity index (χ0n) is 16.1. The summed E-state index contributed by atoms with van der Waals surface area (Å²) in [5.41, 5.74) is 4.23. The maximum Gasteiger partial charge on any atom is 0.294 e. The van der Waals surface area contributed by atoms with Crippen molar-refractivity contribution < 1.29 is 4.79 Å². The summed E-state index contributed by atoms with van der Waals surface area (Å²) in [5, 5.41) is 8.60. The first kappa shape index (κ1) is 16.3. The van der Waals surface area contributed by atoms with Crippen LogP contribution in [0, 0.1) is 0 Å². The molecule has 0 radical (unpaired) electrons. The minimum Gasteiger partial charge on any atom is -0.317 e. The van der Waals surface area contributed by atoms with Gasteiger partial charge < -0.3 is 4.98 Å². The van der Waals surface area contributed by atoms with Gasteiger partial charge in [-0.2, -0.15) is 0 Å². The molecule has 2 aliphatic heterocycles. The number of aromatic nitrogens is 5. The molecule has 1 aliphatic carbocycles. The monoisotopic (exact) mass is 398 g/mol. The van der Waals surface area contributed by atoms with Crippen molar-refractivity contribution in [3.63, 3.8) is 0 Å². The van der Waals surface area contributed by atoms with Crippen LogP contribution < -0.4 is 10.5 Å². The lowest BCUT2D eigenvalue weighted by Gasteiger charge is -2.15. The van der Waals surface area contributed by atoms with E-state index in [9.17, 15) is 9.59 Å². The maximum atomic E-state index is 13.2. The quantitative estimate of drug-likeness (QED) is 0.532. The van der Waals surface area contributed by atoms with Crippen molar-refractivity contribution in [2.45, 2.75) is 44.1 Å². The van der Waals surface area contributed by atoms with Gasteiger partial charge in [-0.15, -0.1) is 10.2 Å². The van der Waals surface area contributed by atoms with E-state index in [-0.39, 0.29) is 17.5 Å². The summed E-state index contributed by atoms with van der Waals surface area (Å²) in [6.45, 7) is 0. The Morgan fingerprint density at radius 1 is 1.10 bits per heavy atom. The normalized spacial score (nSPS) is 20.3. The molecule has 1 saturated carbocycles. The van der Waals surface area contributed by atoms with Crippen LogP contribution in [0.3, 0.4) is 0 Å². The van der Waals surface area contributed by atoms with Crippen molar-refractivity contribution in [2.24, 2.45) is 0 Å². The van der Waals surface area contributed by atoms with E-state index in [4.69, 9.17) is 0 Å². The van der Waals surface area contributed by atoms with E-state index in [0.717, 1.165) is 47.5 Å². The molecule has 3 aromatic heterocycles. The molecule has 1 aromatic carbocycles. The summed E-state index contributed by atoms with van der Waals surface area (Å²) in [5.74, 6) is 1.85. The number of nitrogens with zero attached hydrogens (tertiary/aromatic N) is 5. The van der Waals surface area contributed by atoms with Crippen molar-refractivity contribution in [1.29, 1.82) is 0 Å². The smallest absolute Gasteiger partial charge is 0.294 e. The third kappa shape index (κ3) is 1.93. The number of carbonyl (C=O) groups is 1. The van der Waals surface area contributed by atoms with Gasteiger partial charge in [-0.3, -0.25) is 18.9 Å². The highest BCUT2D eigenvalue weighted by Crippen LogP contribution is 2.46. The fourth-order valence-corrected chi connectivity index (χ4v) is 5.53. The average Bonchev–Trinajstić information content (AvgIpc) is 3.52. The second-order valence-electron chi connectivity index (χ2n) is 8.49. The van der Waals surface area contributed by atoms with Gasteiger partial charge in [0.15, 0.2) is 0 Å². The Morgan fingerprint density at radius 3 is 2.83 bits per heavy atom. The standard InChI is InChI=1S/C22H18N6O2/c29-21-20-26-25-19(11-4-1-2-5-11)27(20)17-10-13-14(9-15(17)24-21)22(30)28-16(13)8-12-6-3-7-23-18(12)28/h3,6-7,9-11,16H,1-2,4-5,8H2,(H,24,29). The number of anilines is 1. The van der Waals surface area contributed by atoms with E-state index in [1.807, 2.05) is 28.7 Å². The van der Waals surface area contributed by atoms with Crippen molar-refractivity contribution >= 4 is 28.4 Å². The van der Waals surface area contributed by atoms with E-state index in [0.29, 0.717) is 22.6 Å². The summed E-state index contributed by atoms with van der Waals surface area (Å²) in [7, 11) is 0. The van der Waals surface area contributed by atoms with E-state index in [1.54, 1.807) is 11.1 Å². The first-order valence-corrected chi connectivity index (χ1v) is 10.4. The lowest BCUT2D eigenvalue weighted by atomic mass is 9.99. The number of amides is 1. The predicted octanol–water partition coefficient (Wildman–Crippen LogP) is 2.88. The largest absolute Gasteiger partial charge is 0.317 e. The molecule has 3 aliphatic rings. The molecule has 1 unspecified atom stereocenters. The highest BCUT2D eigenvalue weighted by molar-refractivity contribution is 6.13. The molecule has 7 rings (SSSR count). The first-order chi connectivity index (χ1) is 14.7. The Labute approximate surface area is 170 Å². The molecule has 0 saturated heterocycles. The van der Waals surface area contributed by atoms with Crippen molar-refractivity contribution in [2.75, 3.05) is 4.90 Å². The van der Waals surface area contributed by atoms with Gasteiger partial charge >= 0.3 is 0 Å². The highest BCUT2D eigenvalue weighted by atomic mass is 16.2. The van der Waals surface area contributed by atoms with Crippen LogP contribution in [0.4, 0.5) is 5.82 Å². The molecule has 8 nitrogen and oxygen atoms in total. The van der Waals surface area contributed by atoms with Gasteiger partial charge in [0.2, 0.25) is 5.65 Å². The number of nitrogens with one attached hydrogen (secondary N) is 1. The zero-order valence-corrected chi connectivity index (χ0v) is 16.1. The van der Waals surface area contributed by atoms with E-state index >= 15 is 0 Å². The Hall–Kier alpha value is -3.55. The third-order valence-electron chi connectivity index (χ3n) is 6.90. The molecule has 1 amide bonds. The first-order valence-electron chi connectivity index (χ1n) is 10.4. The molecule has 30 heavy (non-hydrogen) atoms. The summed E-state index contributed by atoms with van der Waals surface area (Å²) in [6.07, 6.45) is 6.95. The van der Waals surface area contributed by atoms with Crippen LogP contribution in [0.5, 0.6) is 0 Å². The van der Waals surface area contributed by atoms with Crippen LogP contribution in [-0.2, 0) is 6.42 Å². The molecule has 148 valence electrons. The number of H-pyrrole nitrogens is 1. The number of carbonyl (C=O) groups excluding carboxylic acids is 1. The van der Waals surface area contributed by atoms with Crippen LogP contribution >= 0.6 is 0 Å². The second kappa shape index (κ2) is 5.53. The van der Waals surface area contributed by atoms with Crippen molar-refractivity contribution in [1.82, 2.24) is 24.6 Å². The lowest BCUT2D eigenvalue weighted by molar-refractivity contribution is 0.0993. The second-order valence-corrected chi connectivity index (χ2v) is 8.49. The number of benzene rings is 1. The molecule has 1 N–H and O–H groups in total. The summed E-state index contributed by atoms with van der Waals surface area (Å²) in [4.78, 5) is 35.0. The molecule has 8 heteroatoms. The molecular weight excluding hydrogens is 380 g/mol. The summed E-state index contributed by atoms with van der Waals surface area (Å²) in [6, 6.07) is 7.74.